The van der Waals surface area contributed by atoms with Crippen molar-refractivity contribution >= 4 is 53.2 Å². The van der Waals surface area contributed by atoms with Crippen LogP contribution in [-0.4, -0.2) is 80.7 Å². The molecule has 1 aromatic carbocycles. The molecular formula is C22H25N5O9S. The van der Waals surface area contributed by atoms with Gasteiger partial charge in [-0.3, -0.25) is 24.1 Å². The van der Waals surface area contributed by atoms with Crippen LogP contribution in [0.25, 0.3) is 0 Å². The van der Waals surface area contributed by atoms with Gasteiger partial charge in [0.15, 0.2) is 0 Å². The van der Waals surface area contributed by atoms with Crippen LogP contribution in [0, 0.1) is 0 Å². The summed E-state index contributed by atoms with van der Waals surface area (Å²) in [5, 5.41) is 22.9. The van der Waals surface area contributed by atoms with E-state index < -0.39 is 53.2 Å². The molecule has 0 bridgehead atoms. The summed E-state index contributed by atoms with van der Waals surface area (Å²) in [4.78, 5) is 71.5. The third-order valence-corrected chi connectivity index (χ3v) is 6.90. The Labute approximate surface area is 214 Å². The number of amides is 4. The van der Waals surface area contributed by atoms with Gasteiger partial charge in [-0.25, -0.2) is 9.59 Å². The molecule has 0 radical (unpaired) electrons. The van der Waals surface area contributed by atoms with Crippen molar-refractivity contribution in [3.8, 4) is 0 Å². The molecule has 0 aliphatic carbocycles. The molecule has 2 aliphatic heterocycles. The highest BCUT2D eigenvalue weighted by atomic mass is 32.2. The molecule has 1 saturated heterocycles. The number of nitrogens with zero attached hydrogens (tertiary/aromatic N) is 1. The van der Waals surface area contributed by atoms with Crippen LogP contribution in [0.4, 0.5) is 10.5 Å². The first-order valence-electron chi connectivity index (χ1n) is 11.0. The molecule has 8 N–H and O–H groups in total. The van der Waals surface area contributed by atoms with Gasteiger partial charge in [-0.05, 0) is 24.1 Å². The summed E-state index contributed by atoms with van der Waals surface area (Å²) in [5.41, 5.74) is 11.3. The SMILES string of the molecule is NC(=O)OCC1=C(C(=O)O)N2C(=O)[C@@H](NC(=O)Cc3ccc(NC(=O)CC[C@@H](N)C(=O)O)cc3)[C@@H]2SC1. The number of fused-ring (bicyclic) bond motifs is 1. The first kappa shape index (κ1) is 27.5. The Morgan fingerprint density at radius 3 is 2.41 bits per heavy atom. The zero-order chi connectivity index (χ0) is 27.3. The van der Waals surface area contributed by atoms with Crippen LogP contribution in [0.5, 0.6) is 0 Å². The standard InChI is InChI=1S/C22H25N5O9S/c23-13(20(31)32)5-6-14(28)25-12-3-1-10(2-4-12)7-15(29)26-16-18(30)27-17(21(33)34)11(8-36-22(24)35)9-37-19(16)27/h1-4,13,16,19H,5-9,23H2,(H2,24,35)(H,25,28)(H,26,29)(H,31,32)(H,33,34)/t13-,16-,19+/m1/s1. The average Bonchev–Trinajstić information content (AvgIpc) is 2.84. The lowest BCUT2D eigenvalue weighted by atomic mass is 10.0. The topological polar surface area (TPSA) is 231 Å². The number of carboxylic acids is 2. The molecular weight excluding hydrogens is 510 g/mol. The van der Waals surface area contributed by atoms with Crippen LogP contribution in [0.1, 0.15) is 18.4 Å². The minimum atomic E-state index is -1.36. The maximum Gasteiger partial charge on any atom is 0.404 e. The molecule has 198 valence electrons. The Morgan fingerprint density at radius 1 is 1.14 bits per heavy atom. The van der Waals surface area contributed by atoms with Gasteiger partial charge in [0, 0.05) is 23.4 Å². The number of anilines is 1. The number of hydrogen-bond acceptors (Lipinski definition) is 9. The second kappa shape index (κ2) is 11.7. The maximum absolute atomic E-state index is 12.6. The number of β-lactam (4-membered cyclic amide) rings is 1. The van der Waals surface area contributed by atoms with Gasteiger partial charge < -0.3 is 37.1 Å². The highest BCUT2D eigenvalue weighted by Gasteiger charge is 2.54. The van der Waals surface area contributed by atoms with Crippen LogP contribution in [0.3, 0.4) is 0 Å². The van der Waals surface area contributed by atoms with Gasteiger partial charge in [-0.2, -0.15) is 0 Å². The molecule has 0 spiro atoms. The Hall–Kier alpha value is -4.11. The molecule has 37 heavy (non-hydrogen) atoms. The predicted molar refractivity (Wildman–Crippen MR) is 129 cm³/mol. The van der Waals surface area contributed by atoms with Crippen molar-refractivity contribution in [2.24, 2.45) is 11.5 Å². The number of primary amides is 1. The van der Waals surface area contributed by atoms with Crippen LogP contribution < -0.4 is 22.1 Å². The molecule has 4 amide bonds. The molecule has 1 fully saturated rings. The van der Waals surface area contributed by atoms with E-state index in [4.69, 9.17) is 16.6 Å². The van der Waals surface area contributed by atoms with Crippen molar-refractivity contribution in [3.05, 3.63) is 41.1 Å². The summed E-state index contributed by atoms with van der Waals surface area (Å²) >= 11 is 1.23. The fraction of sp³-hybridized carbons (Fsp3) is 0.364. The van der Waals surface area contributed by atoms with Crippen LogP contribution in [-0.2, 0) is 35.1 Å². The number of rotatable bonds is 11. The molecule has 3 rings (SSSR count). The fourth-order valence-electron chi connectivity index (χ4n) is 3.70. The molecule has 15 heteroatoms. The largest absolute Gasteiger partial charge is 0.480 e. The zero-order valence-corrected chi connectivity index (χ0v) is 20.2. The second-order valence-corrected chi connectivity index (χ2v) is 9.33. The lowest BCUT2D eigenvalue weighted by Gasteiger charge is -2.49. The van der Waals surface area contributed by atoms with Crippen molar-refractivity contribution in [3.63, 3.8) is 0 Å². The van der Waals surface area contributed by atoms with Crippen molar-refractivity contribution in [1.29, 1.82) is 0 Å². The first-order chi connectivity index (χ1) is 17.5. The minimum Gasteiger partial charge on any atom is -0.480 e. The van der Waals surface area contributed by atoms with Gasteiger partial charge in [0.1, 0.15) is 29.8 Å². The van der Waals surface area contributed by atoms with E-state index in [1.165, 1.54) is 11.8 Å². The molecule has 14 nitrogen and oxygen atoms in total. The third kappa shape index (κ3) is 6.77. The number of aliphatic carboxylic acids is 2. The molecule has 0 aromatic heterocycles. The quantitative estimate of drug-likeness (QED) is 0.192. The highest BCUT2D eigenvalue weighted by Crippen LogP contribution is 2.40. The summed E-state index contributed by atoms with van der Waals surface area (Å²) < 4.78 is 4.67. The third-order valence-electron chi connectivity index (χ3n) is 5.56. The summed E-state index contributed by atoms with van der Waals surface area (Å²) in [6.07, 6.45) is -1.22. The number of nitrogens with two attached hydrogens (primary N) is 2. The fourth-order valence-corrected chi connectivity index (χ4v) is 5.03. The van der Waals surface area contributed by atoms with E-state index in [-0.39, 0.29) is 42.9 Å². The molecule has 0 saturated carbocycles. The van der Waals surface area contributed by atoms with Gasteiger partial charge >= 0.3 is 18.0 Å². The number of carboxylic acid groups (broad SMARTS) is 2. The lowest BCUT2D eigenvalue weighted by molar-refractivity contribution is -0.150. The number of carbonyl (C=O) groups is 6. The number of thioether (sulfide) groups is 1. The summed E-state index contributed by atoms with van der Waals surface area (Å²) in [7, 11) is 0. The van der Waals surface area contributed by atoms with Crippen LogP contribution in [0.15, 0.2) is 35.5 Å². The number of carbonyl (C=O) groups excluding carboxylic acids is 4. The van der Waals surface area contributed by atoms with Crippen LogP contribution in [0.2, 0.25) is 0 Å². The van der Waals surface area contributed by atoms with E-state index in [2.05, 4.69) is 15.4 Å². The number of benzene rings is 1. The van der Waals surface area contributed by atoms with Gasteiger partial charge in [-0.1, -0.05) is 12.1 Å². The Balaban J connectivity index is 1.53. The first-order valence-corrected chi connectivity index (χ1v) is 12.0. The Morgan fingerprint density at radius 2 is 1.81 bits per heavy atom. The maximum atomic E-state index is 12.6. The predicted octanol–water partition coefficient (Wildman–Crippen LogP) is -0.806. The van der Waals surface area contributed by atoms with E-state index in [1.54, 1.807) is 24.3 Å². The molecule has 1 aromatic rings. The summed E-state index contributed by atoms with van der Waals surface area (Å²) in [5.74, 6) is -3.83. The number of hydrogen-bond donors (Lipinski definition) is 6. The van der Waals surface area contributed by atoms with Crippen molar-refractivity contribution < 1.29 is 43.7 Å². The summed E-state index contributed by atoms with van der Waals surface area (Å²) in [6, 6.07) is 4.32. The number of nitrogens with one attached hydrogen (secondary N) is 2. The zero-order valence-electron chi connectivity index (χ0n) is 19.3. The Bertz CT molecular complexity index is 1150. The molecule has 2 aliphatic rings. The Kier molecular flexibility index (Phi) is 8.73. The van der Waals surface area contributed by atoms with Crippen LogP contribution >= 0.6 is 11.8 Å². The van der Waals surface area contributed by atoms with Crippen molar-refractivity contribution in [1.82, 2.24) is 10.2 Å². The van der Waals surface area contributed by atoms with Gasteiger partial charge in [0.2, 0.25) is 11.8 Å². The molecule has 2 heterocycles. The van der Waals surface area contributed by atoms with Crippen molar-refractivity contribution in [2.75, 3.05) is 17.7 Å². The van der Waals surface area contributed by atoms with E-state index in [0.717, 1.165) is 4.90 Å². The average molecular weight is 536 g/mol. The van der Waals surface area contributed by atoms with E-state index in [9.17, 15) is 33.9 Å². The highest BCUT2D eigenvalue weighted by molar-refractivity contribution is 8.00. The van der Waals surface area contributed by atoms with E-state index in [1.807, 2.05) is 0 Å². The minimum absolute atomic E-state index is 0.0117. The summed E-state index contributed by atoms with van der Waals surface area (Å²) in [6.45, 7) is -0.357. The van der Waals surface area contributed by atoms with Gasteiger partial charge in [-0.15, -0.1) is 11.8 Å². The lowest BCUT2D eigenvalue weighted by Crippen LogP contribution is -2.70. The van der Waals surface area contributed by atoms with E-state index in [0.29, 0.717) is 11.3 Å². The second-order valence-electron chi connectivity index (χ2n) is 8.23. The molecule has 0 unspecified atom stereocenters. The van der Waals surface area contributed by atoms with Gasteiger partial charge in [0.25, 0.3) is 5.91 Å². The molecule has 3 atom stereocenters. The van der Waals surface area contributed by atoms with Crippen molar-refractivity contribution in [2.45, 2.75) is 36.7 Å². The van der Waals surface area contributed by atoms with E-state index >= 15 is 0 Å². The van der Waals surface area contributed by atoms with Gasteiger partial charge in [0.05, 0.1) is 6.42 Å². The monoisotopic (exact) mass is 535 g/mol. The number of ether oxygens (including phenoxy) is 1. The smallest absolute Gasteiger partial charge is 0.404 e. The normalized spacial score (nSPS) is 19.3.